The summed E-state index contributed by atoms with van der Waals surface area (Å²) in [4.78, 5) is 28.6. The second-order valence-electron chi connectivity index (χ2n) is 6.13. The fourth-order valence-electron chi connectivity index (χ4n) is 2.64. The van der Waals surface area contributed by atoms with Crippen molar-refractivity contribution in [2.75, 3.05) is 12.4 Å². The topological polar surface area (TPSA) is 81.4 Å². The van der Waals surface area contributed by atoms with Crippen molar-refractivity contribution in [1.82, 2.24) is 4.98 Å². The lowest BCUT2D eigenvalue weighted by molar-refractivity contribution is -0.115. The minimum absolute atomic E-state index is 0.0735. The molecule has 3 rings (SSSR count). The summed E-state index contributed by atoms with van der Waals surface area (Å²) in [6.07, 6.45) is 0.0735. The fourth-order valence-corrected chi connectivity index (χ4v) is 2.64. The van der Waals surface area contributed by atoms with Crippen molar-refractivity contribution in [3.05, 3.63) is 71.1 Å². The van der Waals surface area contributed by atoms with Gasteiger partial charge in [-0.2, -0.15) is 0 Å². The highest BCUT2D eigenvalue weighted by Crippen LogP contribution is 2.22. The summed E-state index contributed by atoms with van der Waals surface area (Å²) in [5.74, 6) is 0.394. The molecule has 1 aromatic heterocycles. The van der Waals surface area contributed by atoms with E-state index >= 15 is 0 Å². The van der Waals surface area contributed by atoms with E-state index in [1.165, 1.54) is 7.11 Å². The molecule has 0 aliphatic carbocycles. The molecule has 138 valence electrons. The van der Waals surface area contributed by atoms with Crippen molar-refractivity contribution < 1.29 is 18.7 Å². The fraction of sp³-hybridized carbons (Fsp3) is 0.190. The normalized spacial score (nSPS) is 10.5. The number of anilines is 1. The van der Waals surface area contributed by atoms with Crippen molar-refractivity contribution in [2.24, 2.45) is 0 Å². The number of esters is 1. The predicted molar refractivity (Wildman–Crippen MR) is 102 cm³/mol. The minimum Gasteiger partial charge on any atom is -0.465 e. The van der Waals surface area contributed by atoms with E-state index in [4.69, 9.17) is 9.15 Å². The molecule has 2 aromatic carbocycles. The molecule has 6 nitrogen and oxygen atoms in total. The third-order valence-electron chi connectivity index (χ3n) is 4.17. The maximum absolute atomic E-state index is 12.5. The first kappa shape index (κ1) is 18.4. The minimum atomic E-state index is -0.453. The van der Waals surface area contributed by atoms with Gasteiger partial charge in [0, 0.05) is 11.3 Å². The second-order valence-corrected chi connectivity index (χ2v) is 6.13. The lowest BCUT2D eigenvalue weighted by Gasteiger charge is -2.09. The maximum Gasteiger partial charge on any atom is 0.337 e. The first-order chi connectivity index (χ1) is 13.0. The van der Waals surface area contributed by atoms with Crippen LogP contribution in [-0.4, -0.2) is 24.0 Å². The van der Waals surface area contributed by atoms with E-state index in [-0.39, 0.29) is 12.3 Å². The monoisotopic (exact) mass is 364 g/mol. The van der Waals surface area contributed by atoms with Crippen LogP contribution in [0.2, 0.25) is 0 Å². The first-order valence-electron chi connectivity index (χ1n) is 8.48. The van der Waals surface area contributed by atoms with Crippen molar-refractivity contribution in [1.29, 1.82) is 0 Å². The highest BCUT2D eigenvalue weighted by Gasteiger charge is 2.16. The van der Waals surface area contributed by atoms with Gasteiger partial charge in [0.1, 0.15) is 5.76 Å². The zero-order valence-corrected chi connectivity index (χ0v) is 15.4. The number of benzene rings is 2. The molecule has 0 atom stereocenters. The van der Waals surface area contributed by atoms with Crippen LogP contribution in [0.25, 0.3) is 11.5 Å². The summed E-state index contributed by atoms with van der Waals surface area (Å²) >= 11 is 0. The molecule has 1 heterocycles. The number of carbonyl (C=O) groups is 2. The lowest BCUT2D eigenvalue weighted by atomic mass is 10.1. The maximum atomic E-state index is 12.5. The van der Waals surface area contributed by atoms with Gasteiger partial charge >= 0.3 is 5.97 Å². The zero-order valence-electron chi connectivity index (χ0n) is 15.4. The number of aromatic nitrogens is 1. The van der Waals surface area contributed by atoms with Gasteiger partial charge in [-0.1, -0.05) is 24.3 Å². The van der Waals surface area contributed by atoms with Gasteiger partial charge in [0.05, 0.1) is 24.8 Å². The Morgan fingerprint density at radius 2 is 1.85 bits per heavy atom. The SMILES string of the molecule is COC(=O)c1ccc(C)c(NC(=O)Cc2nc(-c3ccccc3)oc2C)c1. The van der Waals surface area contributed by atoms with Crippen LogP contribution >= 0.6 is 0 Å². The van der Waals surface area contributed by atoms with E-state index in [0.717, 1.165) is 11.1 Å². The smallest absolute Gasteiger partial charge is 0.337 e. The average molecular weight is 364 g/mol. The quantitative estimate of drug-likeness (QED) is 0.694. The van der Waals surface area contributed by atoms with Crippen LogP contribution in [0.5, 0.6) is 0 Å². The van der Waals surface area contributed by atoms with Crippen molar-refractivity contribution in [2.45, 2.75) is 20.3 Å². The molecular formula is C21H20N2O4. The van der Waals surface area contributed by atoms with Gasteiger partial charge in [0.25, 0.3) is 0 Å². The Balaban J connectivity index is 1.75. The molecule has 1 amide bonds. The highest BCUT2D eigenvalue weighted by atomic mass is 16.5. The number of hydrogen-bond acceptors (Lipinski definition) is 5. The molecule has 0 radical (unpaired) electrons. The second kappa shape index (κ2) is 7.86. The summed E-state index contributed by atoms with van der Waals surface area (Å²) in [5.41, 5.74) is 3.22. The summed E-state index contributed by atoms with van der Waals surface area (Å²) < 4.78 is 10.4. The molecule has 0 unspecified atom stereocenters. The van der Waals surface area contributed by atoms with Gasteiger partial charge in [-0.15, -0.1) is 0 Å². The Morgan fingerprint density at radius 3 is 2.56 bits per heavy atom. The standard InChI is InChI=1S/C21H20N2O4/c1-13-9-10-16(21(25)26-3)11-17(13)22-19(24)12-18-14(2)27-20(23-18)15-7-5-4-6-8-15/h4-11H,12H2,1-3H3,(H,22,24). The number of hydrogen-bond donors (Lipinski definition) is 1. The van der Waals surface area contributed by atoms with Gasteiger partial charge in [-0.05, 0) is 43.7 Å². The number of nitrogens with zero attached hydrogens (tertiary/aromatic N) is 1. The van der Waals surface area contributed by atoms with Crippen LogP contribution in [0.4, 0.5) is 5.69 Å². The van der Waals surface area contributed by atoms with Crippen molar-refractivity contribution in [3.63, 3.8) is 0 Å². The Kier molecular flexibility index (Phi) is 5.35. The lowest BCUT2D eigenvalue weighted by Crippen LogP contribution is -2.16. The molecular weight excluding hydrogens is 344 g/mol. The van der Waals surface area contributed by atoms with E-state index in [1.807, 2.05) is 37.3 Å². The molecule has 1 N–H and O–H groups in total. The first-order valence-corrected chi connectivity index (χ1v) is 8.48. The van der Waals surface area contributed by atoms with Gasteiger partial charge in [0.15, 0.2) is 0 Å². The molecule has 0 spiro atoms. The molecule has 0 aliphatic heterocycles. The predicted octanol–water partition coefficient (Wildman–Crippen LogP) is 3.93. The van der Waals surface area contributed by atoms with Gasteiger partial charge in [0.2, 0.25) is 11.8 Å². The Bertz CT molecular complexity index is 977. The van der Waals surface area contributed by atoms with Gasteiger partial charge in [-0.25, -0.2) is 9.78 Å². The molecule has 3 aromatic rings. The van der Waals surface area contributed by atoms with Crippen molar-refractivity contribution >= 4 is 17.6 Å². The third-order valence-corrected chi connectivity index (χ3v) is 4.17. The van der Waals surface area contributed by atoms with Crippen LogP contribution in [0.1, 0.15) is 27.4 Å². The largest absolute Gasteiger partial charge is 0.465 e. The summed E-state index contributed by atoms with van der Waals surface area (Å²) in [6, 6.07) is 14.5. The van der Waals surface area contributed by atoms with E-state index in [2.05, 4.69) is 10.3 Å². The molecule has 0 saturated carbocycles. The van der Waals surface area contributed by atoms with Crippen LogP contribution in [0.3, 0.4) is 0 Å². The molecule has 0 aliphatic rings. The number of nitrogens with one attached hydrogen (secondary N) is 1. The van der Waals surface area contributed by atoms with Crippen LogP contribution < -0.4 is 5.32 Å². The Labute approximate surface area is 157 Å². The molecule has 6 heteroatoms. The number of carbonyl (C=O) groups excluding carboxylic acids is 2. The molecule has 0 fully saturated rings. The number of methoxy groups -OCH3 is 1. The summed E-state index contributed by atoms with van der Waals surface area (Å²) in [5, 5.41) is 2.83. The van der Waals surface area contributed by atoms with Crippen LogP contribution in [0.15, 0.2) is 52.9 Å². The van der Waals surface area contributed by atoms with E-state index in [0.29, 0.717) is 28.6 Å². The Morgan fingerprint density at radius 1 is 1.11 bits per heavy atom. The van der Waals surface area contributed by atoms with E-state index in [9.17, 15) is 9.59 Å². The van der Waals surface area contributed by atoms with E-state index < -0.39 is 5.97 Å². The number of aryl methyl sites for hydroxylation is 2. The molecule has 0 saturated heterocycles. The Hall–Kier alpha value is -3.41. The van der Waals surface area contributed by atoms with Crippen LogP contribution in [0, 0.1) is 13.8 Å². The average Bonchev–Trinajstić information content (AvgIpc) is 3.04. The van der Waals surface area contributed by atoms with E-state index in [1.54, 1.807) is 25.1 Å². The number of amides is 1. The van der Waals surface area contributed by atoms with Crippen molar-refractivity contribution in [3.8, 4) is 11.5 Å². The summed E-state index contributed by atoms with van der Waals surface area (Å²) in [7, 11) is 1.32. The number of oxazole rings is 1. The van der Waals surface area contributed by atoms with Gasteiger partial charge in [-0.3, -0.25) is 4.79 Å². The number of rotatable bonds is 5. The number of ether oxygens (including phenoxy) is 1. The van der Waals surface area contributed by atoms with Gasteiger partial charge < -0.3 is 14.5 Å². The molecule has 27 heavy (non-hydrogen) atoms. The molecule has 0 bridgehead atoms. The van der Waals surface area contributed by atoms with Crippen LogP contribution in [-0.2, 0) is 16.0 Å². The zero-order chi connectivity index (χ0) is 19.4. The highest BCUT2D eigenvalue weighted by molar-refractivity contribution is 5.96. The third kappa shape index (κ3) is 4.23. The summed E-state index contributed by atoms with van der Waals surface area (Å²) in [6.45, 7) is 3.64.